The van der Waals surface area contributed by atoms with Crippen molar-refractivity contribution in [2.24, 2.45) is 0 Å². The van der Waals surface area contributed by atoms with Crippen LogP contribution in [0.1, 0.15) is 22.2 Å². The molecule has 0 radical (unpaired) electrons. The minimum Gasteiger partial charge on any atom is -0.462 e. The number of hydrogen-bond acceptors (Lipinski definition) is 5. The molecular weight excluding hydrogens is 378 g/mol. The van der Waals surface area contributed by atoms with Gasteiger partial charge in [-0.15, -0.1) is 11.3 Å². The molecule has 148 valence electrons. The SMILES string of the molecule is CCOC(=O)c1c(NC(=O)C[NH+]2CCNC(=O)C2)sc(C)c1-c1ccccc1. The van der Waals surface area contributed by atoms with Crippen molar-refractivity contribution in [3.05, 3.63) is 40.8 Å². The lowest BCUT2D eigenvalue weighted by Gasteiger charge is -2.22. The number of benzene rings is 1. The maximum absolute atomic E-state index is 12.7. The number of quaternary nitrogens is 1. The van der Waals surface area contributed by atoms with E-state index in [-0.39, 0.29) is 31.5 Å². The maximum atomic E-state index is 12.7. The van der Waals surface area contributed by atoms with E-state index in [0.29, 0.717) is 23.7 Å². The number of rotatable bonds is 6. The van der Waals surface area contributed by atoms with Crippen molar-refractivity contribution >= 4 is 34.1 Å². The molecule has 1 atom stereocenters. The molecule has 3 N–H and O–H groups in total. The van der Waals surface area contributed by atoms with E-state index in [4.69, 9.17) is 4.74 Å². The summed E-state index contributed by atoms with van der Waals surface area (Å²) in [5.74, 6) is -0.735. The summed E-state index contributed by atoms with van der Waals surface area (Å²) in [5.41, 5.74) is 2.07. The molecule has 28 heavy (non-hydrogen) atoms. The number of carbonyl (C=O) groups excluding carboxylic acids is 3. The molecular formula is C20H24N3O4S+. The van der Waals surface area contributed by atoms with Crippen LogP contribution in [0.2, 0.25) is 0 Å². The number of esters is 1. The summed E-state index contributed by atoms with van der Waals surface area (Å²) in [6.45, 7) is 5.63. The van der Waals surface area contributed by atoms with E-state index in [1.807, 2.05) is 37.3 Å². The molecule has 0 saturated carbocycles. The number of carbonyl (C=O) groups is 3. The highest BCUT2D eigenvalue weighted by Gasteiger charge is 2.27. The summed E-state index contributed by atoms with van der Waals surface area (Å²) in [6, 6.07) is 9.59. The van der Waals surface area contributed by atoms with Crippen molar-refractivity contribution in [3.63, 3.8) is 0 Å². The van der Waals surface area contributed by atoms with E-state index in [0.717, 1.165) is 20.9 Å². The van der Waals surface area contributed by atoms with Gasteiger partial charge in [0.2, 0.25) is 0 Å². The zero-order valence-electron chi connectivity index (χ0n) is 16.0. The van der Waals surface area contributed by atoms with Crippen LogP contribution in [-0.4, -0.2) is 50.6 Å². The fraction of sp³-hybridized carbons (Fsp3) is 0.350. The molecule has 1 aliphatic rings. The predicted octanol–water partition coefficient (Wildman–Crippen LogP) is 0.853. The molecule has 1 aromatic carbocycles. The highest BCUT2D eigenvalue weighted by atomic mass is 32.1. The van der Waals surface area contributed by atoms with E-state index in [1.165, 1.54) is 11.3 Å². The summed E-state index contributed by atoms with van der Waals surface area (Å²) in [6.07, 6.45) is 0. The van der Waals surface area contributed by atoms with Gasteiger partial charge in [0, 0.05) is 10.4 Å². The van der Waals surface area contributed by atoms with E-state index >= 15 is 0 Å². The van der Waals surface area contributed by atoms with Gasteiger partial charge < -0.3 is 20.3 Å². The van der Waals surface area contributed by atoms with Crippen LogP contribution in [0.25, 0.3) is 11.1 Å². The van der Waals surface area contributed by atoms with Gasteiger partial charge in [-0.3, -0.25) is 9.59 Å². The second kappa shape index (κ2) is 8.99. The average molecular weight is 402 g/mol. The number of ether oxygens (including phenoxy) is 1. The highest BCUT2D eigenvalue weighted by Crippen LogP contribution is 2.40. The minimum atomic E-state index is -0.453. The Balaban J connectivity index is 1.86. The average Bonchev–Trinajstić information content (AvgIpc) is 2.98. The topological polar surface area (TPSA) is 88.9 Å². The summed E-state index contributed by atoms with van der Waals surface area (Å²) < 4.78 is 5.25. The van der Waals surface area contributed by atoms with Gasteiger partial charge in [0.1, 0.15) is 10.6 Å². The largest absolute Gasteiger partial charge is 0.462 e. The number of anilines is 1. The van der Waals surface area contributed by atoms with Gasteiger partial charge in [-0.2, -0.15) is 0 Å². The van der Waals surface area contributed by atoms with Gasteiger partial charge in [0.15, 0.2) is 13.1 Å². The molecule has 1 unspecified atom stereocenters. The Kier molecular flexibility index (Phi) is 6.43. The first-order chi connectivity index (χ1) is 13.5. The van der Waals surface area contributed by atoms with E-state index in [1.54, 1.807) is 6.92 Å². The molecule has 0 aliphatic carbocycles. The quantitative estimate of drug-likeness (QED) is 0.625. The summed E-state index contributed by atoms with van der Waals surface area (Å²) in [4.78, 5) is 38.6. The Bertz CT molecular complexity index is 879. The van der Waals surface area contributed by atoms with Crippen molar-refractivity contribution in [1.29, 1.82) is 0 Å². The second-order valence-electron chi connectivity index (χ2n) is 6.58. The molecule has 2 heterocycles. The van der Waals surface area contributed by atoms with Gasteiger partial charge in [0.25, 0.3) is 11.8 Å². The maximum Gasteiger partial charge on any atom is 0.341 e. The molecule has 1 fully saturated rings. The third-order valence-electron chi connectivity index (χ3n) is 4.50. The molecule has 8 heteroatoms. The number of hydrogen-bond donors (Lipinski definition) is 3. The van der Waals surface area contributed by atoms with Crippen molar-refractivity contribution in [2.45, 2.75) is 13.8 Å². The Hall–Kier alpha value is -2.71. The van der Waals surface area contributed by atoms with Crippen LogP contribution < -0.4 is 15.5 Å². The lowest BCUT2D eigenvalue weighted by molar-refractivity contribution is -0.885. The Labute approximate surface area is 167 Å². The molecule has 0 spiro atoms. The fourth-order valence-corrected chi connectivity index (χ4v) is 4.37. The Morgan fingerprint density at radius 2 is 2.04 bits per heavy atom. The lowest BCUT2D eigenvalue weighted by atomic mass is 10.0. The van der Waals surface area contributed by atoms with Crippen LogP contribution in [0.4, 0.5) is 5.00 Å². The third-order valence-corrected chi connectivity index (χ3v) is 5.52. The number of amides is 2. The smallest absolute Gasteiger partial charge is 0.341 e. The standard InChI is InChI=1S/C20H23N3O4S/c1-3-27-20(26)18-17(14-7-5-4-6-8-14)13(2)28-19(18)22-16(25)12-23-10-9-21-15(24)11-23/h4-8H,3,9-12H2,1-2H3,(H,21,24)(H,22,25)/p+1. The van der Waals surface area contributed by atoms with Gasteiger partial charge in [-0.1, -0.05) is 30.3 Å². The van der Waals surface area contributed by atoms with E-state index in [2.05, 4.69) is 10.6 Å². The first kappa shape index (κ1) is 20.0. The Morgan fingerprint density at radius 1 is 1.29 bits per heavy atom. The van der Waals surface area contributed by atoms with Crippen LogP contribution >= 0.6 is 11.3 Å². The van der Waals surface area contributed by atoms with Crippen LogP contribution in [-0.2, 0) is 14.3 Å². The number of aryl methyl sites for hydroxylation is 1. The molecule has 3 rings (SSSR count). The molecule has 7 nitrogen and oxygen atoms in total. The van der Waals surface area contributed by atoms with Crippen LogP contribution in [0.15, 0.2) is 30.3 Å². The molecule has 0 bridgehead atoms. The predicted molar refractivity (Wildman–Crippen MR) is 108 cm³/mol. The van der Waals surface area contributed by atoms with Crippen LogP contribution in [0.3, 0.4) is 0 Å². The van der Waals surface area contributed by atoms with Crippen molar-refractivity contribution in [3.8, 4) is 11.1 Å². The molecule has 2 aromatic rings. The molecule has 2 amide bonds. The first-order valence-corrected chi connectivity index (χ1v) is 10.1. The van der Waals surface area contributed by atoms with Crippen LogP contribution in [0, 0.1) is 6.92 Å². The zero-order valence-corrected chi connectivity index (χ0v) is 16.8. The summed E-state index contributed by atoms with van der Waals surface area (Å²) in [7, 11) is 0. The van der Waals surface area contributed by atoms with Gasteiger partial charge >= 0.3 is 5.97 Å². The summed E-state index contributed by atoms with van der Waals surface area (Å²) >= 11 is 1.36. The summed E-state index contributed by atoms with van der Waals surface area (Å²) in [5, 5.41) is 6.11. The monoisotopic (exact) mass is 402 g/mol. The number of piperazine rings is 1. The lowest BCUT2D eigenvalue weighted by Crippen LogP contribution is -3.16. The normalized spacial score (nSPS) is 16.4. The molecule has 1 saturated heterocycles. The number of thiophene rings is 1. The Morgan fingerprint density at radius 3 is 2.71 bits per heavy atom. The van der Waals surface area contributed by atoms with Crippen LogP contribution in [0.5, 0.6) is 0 Å². The van der Waals surface area contributed by atoms with Gasteiger partial charge in [0.05, 0.1) is 19.7 Å². The second-order valence-corrected chi connectivity index (χ2v) is 7.80. The van der Waals surface area contributed by atoms with Crippen molar-refractivity contribution < 1.29 is 24.0 Å². The first-order valence-electron chi connectivity index (χ1n) is 9.25. The molecule has 1 aromatic heterocycles. The molecule has 1 aliphatic heterocycles. The zero-order chi connectivity index (χ0) is 20.1. The van der Waals surface area contributed by atoms with Gasteiger partial charge in [-0.05, 0) is 19.4 Å². The van der Waals surface area contributed by atoms with Crippen molar-refractivity contribution in [1.82, 2.24) is 5.32 Å². The highest BCUT2D eigenvalue weighted by molar-refractivity contribution is 7.17. The fourth-order valence-electron chi connectivity index (χ4n) is 3.29. The van der Waals surface area contributed by atoms with Gasteiger partial charge in [-0.25, -0.2) is 4.79 Å². The number of nitrogens with one attached hydrogen (secondary N) is 3. The minimum absolute atomic E-state index is 0.0559. The van der Waals surface area contributed by atoms with E-state index in [9.17, 15) is 14.4 Å². The van der Waals surface area contributed by atoms with Crippen molar-refractivity contribution in [2.75, 3.05) is 38.1 Å². The third kappa shape index (κ3) is 4.58. The van der Waals surface area contributed by atoms with E-state index < -0.39 is 5.97 Å².